The highest BCUT2D eigenvalue weighted by atomic mass is 32.1. The monoisotopic (exact) mass is 477 g/mol. The summed E-state index contributed by atoms with van der Waals surface area (Å²) in [6.07, 6.45) is 5.23. The van der Waals surface area contributed by atoms with Crippen LogP contribution in [0.3, 0.4) is 0 Å². The zero-order chi connectivity index (χ0) is 23.5. The van der Waals surface area contributed by atoms with Crippen LogP contribution in [0.5, 0.6) is 11.5 Å². The van der Waals surface area contributed by atoms with E-state index in [0.717, 1.165) is 48.5 Å². The maximum Gasteiger partial charge on any atom is 0.223 e. The van der Waals surface area contributed by atoms with Gasteiger partial charge in [0.05, 0.1) is 26.5 Å². The molecule has 176 valence electrons. The molecule has 1 saturated heterocycles. The van der Waals surface area contributed by atoms with E-state index in [1.54, 1.807) is 31.8 Å². The molecule has 3 aromatic heterocycles. The van der Waals surface area contributed by atoms with Gasteiger partial charge in [-0.25, -0.2) is 9.50 Å². The van der Waals surface area contributed by atoms with E-state index in [-0.39, 0.29) is 11.8 Å². The largest absolute Gasteiger partial charge is 0.493 e. The lowest BCUT2D eigenvalue weighted by molar-refractivity contribution is -0.125. The highest BCUT2D eigenvalue weighted by molar-refractivity contribution is 7.09. The minimum atomic E-state index is 0.0307. The number of thiophene rings is 1. The fourth-order valence-corrected chi connectivity index (χ4v) is 5.02. The van der Waals surface area contributed by atoms with Gasteiger partial charge in [0, 0.05) is 41.8 Å². The van der Waals surface area contributed by atoms with Gasteiger partial charge >= 0.3 is 0 Å². The van der Waals surface area contributed by atoms with Gasteiger partial charge in [-0.15, -0.1) is 11.3 Å². The van der Waals surface area contributed by atoms with E-state index in [2.05, 4.69) is 15.2 Å². The van der Waals surface area contributed by atoms with Crippen molar-refractivity contribution < 1.29 is 14.3 Å². The lowest BCUT2D eigenvalue weighted by atomic mass is 9.96. The molecule has 4 aromatic rings. The predicted molar refractivity (Wildman–Crippen MR) is 133 cm³/mol. The molecule has 0 unspecified atom stereocenters. The summed E-state index contributed by atoms with van der Waals surface area (Å²) in [4.78, 5) is 20.7. The van der Waals surface area contributed by atoms with Crippen LogP contribution < -0.4 is 19.7 Å². The van der Waals surface area contributed by atoms with E-state index >= 15 is 0 Å². The number of hydrogen-bond donors (Lipinski definition) is 1. The molecular formula is C25H27N5O3S. The molecule has 34 heavy (non-hydrogen) atoms. The van der Waals surface area contributed by atoms with E-state index in [9.17, 15) is 4.79 Å². The maximum absolute atomic E-state index is 12.6. The number of aromatic nitrogens is 3. The van der Waals surface area contributed by atoms with Crippen molar-refractivity contribution in [2.24, 2.45) is 5.92 Å². The third kappa shape index (κ3) is 4.43. The molecule has 1 aromatic carbocycles. The molecule has 8 nitrogen and oxygen atoms in total. The van der Waals surface area contributed by atoms with Crippen molar-refractivity contribution in [2.45, 2.75) is 19.4 Å². The van der Waals surface area contributed by atoms with Crippen LogP contribution in [0.15, 0.2) is 54.2 Å². The first-order valence-corrected chi connectivity index (χ1v) is 12.2. The van der Waals surface area contributed by atoms with Gasteiger partial charge in [-0.2, -0.15) is 5.10 Å². The highest BCUT2D eigenvalue weighted by Crippen LogP contribution is 2.33. The zero-order valence-electron chi connectivity index (χ0n) is 19.2. The Balaban J connectivity index is 1.30. The second kappa shape index (κ2) is 9.72. The van der Waals surface area contributed by atoms with Crippen LogP contribution in [0.4, 0.5) is 5.82 Å². The molecule has 0 bridgehead atoms. The van der Waals surface area contributed by atoms with E-state index in [4.69, 9.17) is 14.6 Å². The number of ether oxygens (including phenoxy) is 2. The molecule has 1 aliphatic heterocycles. The number of anilines is 1. The van der Waals surface area contributed by atoms with E-state index < -0.39 is 0 Å². The number of nitrogens with one attached hydrogen (secondary N) is 1. The summed E-state index contributed by atoms with van der Waals surface area (Å²) in [5.41, 5.74) is 2.71. The van der Waals surface area contributed by atoms with E-state index in [1.165, 1.54) is 4.88 Å². The van der Waals surface area contributed by atoms with Crippen LogP contribution in [0.25, 0.3) is 16.8 Å². The Labute approximate surface area is 202 Å². The quantitative estimate of drug-likeness (QED) is 0.433. The van der Waals surface area contributed by atoms with Gasteiger partial charge in [0.15, 0.2) is 17.3 Å². The SMILES string of the molecule is COc1ccc(-c2cc3c(N4CCC(C(=O)NCc5cccs5)CC4)nccn3n2)cc1OC. The first-order chi connectivity index (χ1) is 16.7. The number of methoxy groups -OCH3 is 2. The van der Waals surface area contributed by atoms with Gasteiger partial charge in [0.25, 0.3) is 0 Å². The Bertz CT molecular complexity index is 1280. The van der Waals surface area contributed by atoms with Crippen LogP contribution in [-0.2, 0) is 11.3 Å². The van der Waals surface area contributed by atoms with Crippen LogP contribution in [0.2, 0.25) is 0 Å². The molecule has 0 radical (unpaired) electrons. The summed E-state index contributed by atoms with van der Waals surface area (Å²) < 4.78 is 12.7. The first kappa shape index (κ1) is 22.2. The number of piperidine rings is 1. The van der Waals surface area contributed by atoms with Gasteiger partial charge in [-0.1, -0.05) is 6.07 Å². The number of rotatable bonds is 7. The molecule has 4 heterocycles. The van der Waals surface area contributed by atoms with Gasteiger partial charge in [-0.3, -0.25) is 4.79 Å². The Morgan fingerprint density at radius 2 is 1.97 bits per heavy atom. The molecule has 1 amide bonds. The molecule has 0 saturated carbocycles. The van der Waals surface area contributed by atoms with E-state index in [0.29, 0.717) is 18.0 Å². The lowest BCUT2D eigenvalue weighted by Crippen LogP contribution is -2.40. The number of fused-ring (bicyclic) bond motifs is 1. The molecule has 0 aliphatic carbocycles. The summed E-state index contributed by atoms with van der Waals surface area (Å²) >= 11 is 1.66. The van der Waals surface area contributed by atoms with Crippen LogP contribution in [0.1, 0.15) is 17.7 Å². The highest BCUT2D eigenvalue weighted by Gasteiger charge is 2.27. The second-order valence-electron chi connectivity index (χ2n) is 8.24. The summed E-state index contributed by atoms with van der Waals surface area (Å²) in [5, 5.41) is 9.86. The second-order valence-corrected chi connectivity index (χ2v) is 9.27. The van der Waals surface area contributed by atoms with Crippen molar-refractivity contribution in [2.75, 3.05) is 32.2 Å². The van der Waals surface area contributed by atoms with Crippen molar-refractivity contribution in [3.05, 3.63) is 59.0 Å². The normalized spacial score (nSPS) is 14.4. The van der Waals surface area contributed by atoms with Crippen LogP contribution in [-0.4, -0.2) is 47.8 Å². The average molecular weight is 478 g/mol. The molecule has 1 fully saturated rings. The van der Waals surface area contributed by atoms with Crippen molar-refractivity contribution in [1.29, 1.82) is 0 Å². The molecule has 0 spiro atoms. The topological polar surface area (TPSA) is 81.0 Å². The minimum absolute atomic E-state index is 0.0307. The van der Waals surface area contributed by atoms with Crippen LogP contribution in [0, 0.1) is 5.92 Å². The third-order valence-corrected chi connectivity index (χ3v) is 7.11. The Hall–Kier alpha value is -3.59. The summed E-state index contributed by atoms with van der Waals surface area (Å²) in [7, 11) is 3.25. The predicted octanol–water partition coefficient (Wildman–Crippen LogP) is 4.01. The van der Waals surface area contributed by atoms with Crippen molar-refractivity contribution in [1.82, 2.24) is 19.9 Å². The van der Waals surface area contributed by atoms with Gasteiger partial charge in [0.1, 0.15) is 5.52 Å². The Morgan fingerprint density at radius 3 is 2.71 bits per heavy atom. The van der Waals surface area contributed by atoms with Crippen LogP contribution >= 0.6 is 11.3 Å². The number of nitrogens with zero attached hydrogens (tertiary/aromatic N) is 4. The van der Waals surface area contributed by atoms with Crippen molar-refractivity contribution >= 4 is 28.6 Å². The maximum atomic E-state index is 12.6. The molecular weight excluding hydrogens is 450 g/mol. The molecule has 0 atom stereocenters. The van der Waals surface area contributed by atoms with Gasteiger partial charge < -0.3 is 19.7 Å². The summed E-state index contributed by atoms with van der Waals surface area (Å²) in [5.74, 6) is 2.40. The average Bonchev–Trinajstić information content (AvgIpc) is 3.57. The molecule has 5 rings (SSSR count). The lowest BCUT2D eigenvalue weighted by Gasteiger charge is -2.32. The van der Waals surface area contributed by atoms with Gasteiger partial charge in [-0.05, 0) is 48.6 Å². The smallest absolute Gasteiger partial charge is 0.223 e. The van der Waals surface area contributed by atoms with Crippen molar-refractivity contribution in [3.63, 3.8) is 0 Å². The number of benzene rings is 1. The molecule has 1 N–H and O–H groups in total. The molecule has 9 heteroatoms. The van der Waals surface area contributed by atoms with E-state index in [1.807, 2.05) is 52.5 Å². The minimum Gasteiger partial charge on any atom is -0.493 e. The zero-order valence-corrected chi connectivity index (χ0v) is 20.0. The standard InChI is InChI=1S/C25H27N5O3S/c1-32-22-6-5-18(14-23(22)33-2)20-15-21-24(26-9-12-30(21)28-20)29-10-7-17(8-11-29)25(31)27-16-19-4-3-13-34-19/h3-6,9,12-15,17H,7-8,10-11,16H2,1-2H3,(H,27,31). The third-order valence-electron chi connectivity index (χ3n) is 6.23. The first-order valence-electron chi connectivity index (χ1n) is 11.3. The van der Waals surface area contributed by atoms with Crippen molar-refractivity contribution in [3.8, 4) is 22.8 Å². The Morgan fingerprint density at radius 1 is 1.15 bits per heavy atom. The summed E-state index contributed by atoms with van der Waals surface area (Å²) in [6.45, 7) is 2.16. The van der Waals surface area contributed by atoms with Gasteiger partial charge in [0.2, 0.25) is 5.91 Å². The fourth-order valence-electron chi connectivity index (χ4n) is 4.37. The number of amides is 1. The molecule has 1 aliphatic rings. The fraction of sp³-hybridized carbons (Fsp3) is 0.320. The summed E-state index contributed by atoms with van der Waals surface area (Å²) in [6, 6.07) is 11.9. The number of carbonyl (C=O) groups is 1. The number of carbonyl (C=O) groups excluding carboxylic acids is 1. The Kier molecular flexibility index (Phi) is 6.35. The number of hydrogen-bond acceptors (Lipinski definition) is 7.